The number of hydrogen-bond acceptors (Lipinski definition) is 3. The fraction of sp³-hybridized carbons (Fsp3) is 1.00. The molecule has 0 bridgehead atoms. The molecule has 0 saturated heterocycles. The van der Waals surface area contributed by atoms with Crippen molar-refractivity contribution in [3.8, 4) is 0 Å². The second-order valence-electron chi connectivity index (χ2n) is 6.24. The zero-order valence-electron chi connectivity index (χ0n) is 12.0. The van der Waals surface area contributed by atoms with Crippen LogP contribution >= 0.6 is 0 Å². The summed E-state index contributed by atoms with van der Waals surface area (Å²) < 4.78 is 0. The van der Waals surface area contributed by atoms with Crippen LogP contribution < -0.4 is 5.32 Å². The SMILES string of the molecule is CC(C)NCC(C)(O)CN(C)C1CCCCC1. The molecule has 0 spiro atoms. The Balaban J connectivity index is 2.34. The van der Waals surface area contributed by atoms with Gasteiger partial charge in [-0.1, -0.05) is 33.1 Å². The molecule has 0 amide bonds. The molecule has 1 fully saturated rings. The summed E-state index contributed by atoms with van der Waals surface area (Å²) in [5, 5.41) is 13.7. The van der Waals surface area contributed by atoms with E-state index in [0.29, 0.717) is 18.6 Å². The first-order valence-electron chi connectivity index (χ1n) is 7.07. The summed E-state index contributed by atoms with van der Waals surface area (Å²) in [6, 6.07) is 1.11. The highest BCUT2D eigenvalue weighted by molar-refractivity contribution is 4.83. The Bertz CT molecular complexity index is 210. The minimum atomic E-state index is -0.629. The first-order valence-corrected chi connectivity index (χ1v) is 7.07. The highest BCUT2D eigenvalue weighted by atomic mass is 16.3. The predicted octanol–water partition coefficient (Wildman–Crippen LogP) is 2.00. The molecule has 0 aromatic rings. The topological polar surface area (TPSA) is 35.5 Å². The molecule has 0 aromatic heterocycles. The van der Waals surface area contributed by atoms with Crippen LogP contribution in [0.3, 0.4) is 0 Å². The number of likely N-dealkylation sites (N-methyl/N-ethyl adjacent to an activating group) is 1. The quantitative estimate of drug-likeness (QED) is 0.748. The Morgan fingerprint density at radius 1 is 1.29 bits per heavy atom. The second kappa shape index (κ2) is 6.72. The van der Waals surface area contributed by atoms with Gasteiger partial charge in [-0.25, -0.2) is 0 Å². The molecule has 102 valence electrons. The lowest BCUT2D eigenvalue weighted by molar-refractivity contribution is 0.00950. The molecule has 1 aliphatic rings. The molecule has 1 saturated carbocycles. The first kappa shape index (κ1) is 14.9. The Hall–Kier alpha value is -0.120. The van der Waals surface area contributed by atoms with E-state index in [1.54, 1.807) is 0 Å². The maximum absolute atomic E-state index is 10.4. The molecule has 0 radical (unpaired) electrons. The highest BCUT2D eigenvalue weighted by Gasteiger charge is 2.26. The molecule has 1 rings (SSSR count). The lowest BCUT2D eigenvalue weighted by Gasteiger charge is -2.36. The molecule has 1 unspecified atom stereocenters. The van der Waals surface area contributed by atoms with Gasteiger partial charge >= 0.3 is 0 Å². The summed E-state index contributed by atoms with van der Waals surface area (Å²) in [5.41, 5.74) is -0.629. The smallest absolute Gasteiger partial charge is 0.0869 e. The van der Waals surface area contributed by atoms with Crippen LogP contribution in [0, 0.1) is 0 Å². The van der Waals surface area contributed by atoms with Gasteiger partial charge in [0.1, 0.15) is 0 Å². The normalized spacial score (nSPS) is 22.1. The fourth-order valence-electron chi connectivity index (χ4n) is 2.67. The van der Waals surface area contributed by atoms with Crippen LogP contribution in [0.4, 0.5) is 0 Å². The van der Waals surface area contributed by atoms with Gasteiger partial charge in [0.05, 0.1) is 5.60 Å². The van der Waals surface area contributed by atoms with Gasteiger partial charge in [-0.05, 0) is 26.8 Å². The average molecular weight is 242 g/mol. The third-order valence-electron chi connectivity index (χ3n) is 3.68. The van der Waals surface area contributed by atoms with Crippen molar-refractivity contribution in [3.63, 3.8) is 0 Å². The Kier molecular flexibility index (Phi) is 5.90. The van der Waals surface area contributed by atoms with Crippen LogP contribution in [-0.4, -0.2) is 47.8 Å². The molecule has 3 nitrogen and oxygen atoms in total. The van der Waals surface area contributed by atoms with Gasteiger partial charge in [0.15, 0.2) is 0 Å². The minimum absolute atomic E-state index is 0.432. The highest BCUT2D eigenvalue weighted by Crippen LogP contribution is 2.22. The van der Waals surface area contributed by atoms with E-state index in [9.17, 15) is 5.11 Å². The average Bonchev–Trinajstić information content (AvgIpc) is 2.27. The number of hydrogen-bond donors (Lipinski definition) is 2. The van der Waals surface area contributed by atoms with E-state index in [4.69, 9.17) is 0 Å². The molecule has 0 aromatic carbocycles. The second-order valence-corrected chi connectivity index (χ2v) is 6.24. The summed E-state index contributed by atoms with van der Waals surface area (Å²) in [6.07, 6.45) is 6.67. The summed E-state index contributed by atoms with van der Waals surface area (Å²) >= 11 is 0. The van der Waals surface area contributed by atoms with Crippen LogP contribution in [-0.2, 0) is 0 Å². The maximum Gasteiger partial charge on any atom is 0.0869 e. The standard InChI is InChI=1S/C14H30N2O/c1-12(2)15-10-14(3,17)11-16(4)13-8-6-5-7-9-13/h12-13,15,17H,5-11H2,1-4H3. The predicted molar refractivity (Wildman–Crippen MR) is 73.3 cm³/mol. The summed E-state index contributed by atoms with van der Waals surface area (Å²) in [6.45, 7) is 7.59. The summed E-state index contributed by atoms with van der Waals surface area (Å²) in [7, 11) is 2.15. The number of aliphatic hydroxyl groups is 1. The van der Waals surface area contributed by atoms with Crippen LogP contribution in [0.1, 0.15) is 52.9 Å². The fourth-order valence-corrected chi connectivity index (χ4v) is 2.67. The van der Waals surface area contributed by atoms with Gasteiger partial charge in [0, 0.05) is 25.2 Å². The lowest BCUT2D eigenvalue weighted by Crippen LogP contribution is -2.50. The molecule has 17 heavy (non-hydrogen) atoms. The number of nitrogens with zero attached hydrogens (tertiary/aromatic N) is 1. The minimum Gasteiger partial charge on any atom is -0.388 e. The van der Waals surface area contributed by atoms with Crippen molar-refractivity contribution in [3.05, 3.63) is 0 Å². The Labute approximate surface area is 107 Å². The van der Waals surface area contributed by atoms with Crippen LogP contribution in [0.2, 0.25) is 0 Å². The van der Waals surface area contributed by atoms with Crippen molar-refractivity contribution in [1.82, 2.24) is 10.2 Å². The van der Waals surface area contributed by atoms with E-state index >= 15 is 0 Å². The van der Waals surface area contributed by atoms with E-state index in [2.05, 4.69) is 31.1 Å². The molecule has 0 aliphatic heterocycles. The monoisotopic (exact) mass is 242 g/mol. The van der Waals surface area contributed by atoms with Crippen molar-refractivity contribution in [1.29, 1.82) is 0 Å². The molecular formula is C14H30N2O. The van der Waals surface area contributed by atoms with Gasteiger partial charge in [-0.3, -0.25) is 0 Å². The van der Waals surface area contributed by atoms with Gasteiger partial charge in [-0.15, -0.1) is 0 Å². The zero-order chi connectivity index (χ0) is 12.9. The molecule has 3 heteroatoms. The van der Waals surface area contributed by atoms with Crippen molar-refractivity contribution >= 4 is 0 Å². The van der Waals surface area contributed by atoms with E-state index in [1.807, 2.05) is 6.92 Å². The largest absolute Gasteiger partial charge is 0.388 e. The van der Waals surface area contributed by atoms with Crippen molar-refractivity contribution < 1.29 is 5.11 Å². The van der Waals surface area contributed by atoms with Crippen LogP contribution in [0.5, 0.6) is 0 Å². The molecule has 0 heterocycles. The van der Waals surface area contributed by atoms with Gasteiger partial charge in [0.2, 0.25) is 0 Å². The third-order valence-corrected chi connectivity index (χ3v) is 3.68. The Morgan fingerprint density at radius 3 is 2.41 bits per heavy atom. The zero-order valence-corrected chi connectivity index (χ0v) is 12.0. The molecule has 2 N–H and O–H groups in total. The van der Waals surface area contributed by atoms with E-state index in [0.717, 1.165) is 6.54 Å². The van der Waals surface area contributed by atoms with Gasteiger partial charge in [-0.2, -0.15) is 0 Å². The molecule has 1 atom stereocenters. The summed E-state index contributed by atoms with van der Waals surface area (Å²) in [4.78, 5) is 2.35. The van der Waals surface area contributed by atoms with Crippen LogP contribution in [0.15, 0.2) is 0 Å². The maximum atomic E-state index is 10.4. The van der Waals surface area contributed by atoms with E-state index < -0.39 is 5.60 Å². The van der Waals surface area contributed by atoms with Crippen molar-refractivity contribution in [2.24, 2.45) is 0 Å². The van der Waals surface area contributed by atoms with E-state index in [-0.39, 0.29) is 0 Å². The summed E-state index contributed by atoms with van der Waals surface area (Å²) in [5.74, 6) is 0. The van der Waals surface area contributed by atoms with Gasteiger partial charge in [0.25, 0.3) is 0 Å². The van der Waals surface area contributed by atoms with E-state index in [1.165, 1.54) is 32.1 Å². The first-order chi connectivity index (χ1) is 7.91. The third kappa shape index (κ3) is 5.84. The van der Waals surface area contributed by atoms with Crippen LogP contribution in [0.25, 0.3) is 0 Å². The van der Waals surface area contributed by atoms with Crippen molar-refractivity contribution in [2.45, 2.75) is 70.6 Å². The number of rotatable bonds is 6. The number of nitrogens with one attached hydrogen (secondary N) is 1. The van der Waals surface area contributed by atoms with Gasteiger partial charge < -0.3 is 15.3 Å². The Morgan fingerprint density at radius 2 is 1.88 bits per heavy atom. The lowest BCUT2D eigenvalue weighted by atomic mass is 9.93. The molecular weight excluding hydrogens is 212 g/mol. The molecule has 1 aliphatic carbocycles. The van der Waals surface area contributed by atoms with Crippen molar-refractivity contribution in [2.75, 3.05) is 20.1 Å².